The smallest absolute Gasteiger partial charge is 0.335 e. The van der Waals surface area contributed by atoms with Gasteiger partial charge in [0.05, 0.1) is 12.2 Å². The van der Waals surface area contributed by atoms with Gasteiger partial charge >= 0.3 is 5.97 Å². The predicted molar refractivity (Wildman–Crippen MR) is 85.4 cm³/mol. The Morgan fingerprint density at radius 1 is 1.43 bits per heavy atom. The van der Waals surface area contributed by atoms with Crippen molar-refractivity contribution < 1.29 is 15.0 Å². The number of aliphatic hydroxyl groups excluding tert-OH is 1. The third kappa shape index (κ3) is 4.05. The first kappa shape index (κ1) is 16.5. The molecular weight excluding hydrogens is 334 g/mol. The number of carboxylic acids is 1. The van der Waals surface area contributed by atoms with Gasteiger partial charge in [-0.25, -0.2) is 4.79 Å². The summed E-state index contributed by atoms with van der Waals surface area (Å²) in [5.41, 5.74) is 1.08. The minimum absolute atomic E-state index is 0.143. The lowest BCUT2D eigenvalue weighted by molar-refractivity contribution is 0.0697. The first-order valence-electron chi connectivity index (χ1n) is 7.33. The zero-order valence-electron chi connectivity index (χ0n) is 12.2. The van der Waals surface area contributed by atoms with Gasteiger partial charge in [-0.15, -0.1) is 0 Å². The average Bonchev–Trinajstić information content (AvgIpc) is 2.48. The number of hydrogen-bond acceptors (Lipinski definition) is 3. The molecule has 0 radical (unpaired) electrons. The highest BCUT2D eigenvalue weighted by molar-refractivity contribution is 9.10. The standard InChI is InChI=1S/C16H22BrNO3/c1-11-4-6-16(10-19,7-5-11)18-9-13-3-2-12(15(20)21)8-14(13)17/h2-3,8,11,18-19H,4-7,9-10H2,1H3,(H,20,21). The number of aliphatic hydroxyl groups is 1. The van der Waals surface area contributed by atoms with Crippen molar-refractivity contribution in [3.05, 3.63) is 33.8 Å². The van der Waals surface area contributed by atoms with Gasteiger partial charge in [0.1, 0.15) is 0 Å². The predicted octanol–water partition coefficient (Wildman–Crippen LogP) is 3.18. The van der Waals surface area contributed by atoms with E-state index >= 15 is 0 Å². The fourth-order valence-electron chi connectivity index (χ4n) is 2.81. The normalized spacial score (nSPS) is 25.8. The maximum absolute atomic E-state index is 10.9. The van der Waals surface area contributed by atoms with Crippen LogP contribution in [0.3, 0.4) is 0 Å². The molecule has 0 spiro atoms. The van der Waals surface area contributed by atoms with Gasteiger partial charge in [-0.3, -0.25) is 0 Å². The van der Waals surface area contributed by atoms with Crippen LogP contribution in [-0.2, 0) is 6.54 Å². The van der Waals surface area contributed by atoms with E-state index in [1.807, 2.05) is 6.07 Å². The van der Waals surface area contributed by atoms with Crippen LogP contribution in [-0.4, -0.2) is 28.3 Å². The first-order chi connectivity index (χ1) is 9.96. The molecule has 0 heterocycles. The van der Waals surface area contributed by atoms with Crippen molar-refractivity contribution in [3.8, 4) is 0 Å². The lowest BCUT2D eigenvalue weighted by atomic mass is 9.77. The minimum Gasteiger partial charge on any atom is -0.478 e. The summed E-state index contributed by atoms with van der Waals surface area (Å²) >= 11 is 3.42. The van der Waals surface area contributed by atoms with E-state index in [9.17, 15) is 9.90 Å². The van der Waals surface area contributed by atoms with Gasteiger partial charge in [0, 0.05) is 16.6 Å². The van der Waals surface area contributed by atoms with Crippen molar-refractivity contribution in [3.63, 3.8) is 0 Å². The monoisotopic (exact) mass is 355 g/mol. The molecular formula is C16H22BrNO3. The lowest BCUT2D eigenvalue weighted by Crippen LogP contribution is -2.50. The Labute approximate surface area is 133 Å². The quantitative estimate of drug-likeness (QED) is 0.758. The van der Waals surface area contributed by atoms with Crippen molar-refractivity contribution in [2.24, 2.45) is 5.92 Å². The Hall–Kier alpha value is -0.910. The maximum Gasteiger partial charge on any atom is 0.335 e. The lowest BCUT2D eigenvalue weighted by Gasteiger charge is -2.39. The Morgan fingerprint density at radius 3 is 2.62 bits per heavy atom. The fourth-order valence-corrected chi connectivity index (χ4v) is 3.33. The van der Waals surface area contributed by atoms with E-state index in [2.05, 4.69) is 28.2 Å². The highest BCUT2D eigenvalue weighted by Crippen LogP contribution is 2.32. The molecule has 1 saturated carbocycles. The number of halogens is 1. The topological polar surface area (TPSA) is 69.6 Å². The van der Waals surface area contributed by atoms with Crippen LogP contribution in [0.25, 0.3) is 0 Å². The highest BCUT2D eigenvalue weighted by Gasteiger charge is 2.33. The van der Waals surface area contributed by atoms with Crippen molar-refractivity contribution in [2.75, 3.05) is 6.61 Å². The Bertz CT molecular complexity index is 510. The second kappa shape index (κ2) is 6.90. The second-order valence-corrected chi connectivity index (χ2v) is 6.94. The number of aromatic carboxylic acids is 1. The summed E-state index contributed by atoms with van der Waals surface area (Å²) in [6, 6.07) is 5.05. The number of carboxylic acid groups (broad SMARTS) is 1. The van der Waals surface area contributed by atoms with Crippen LogP contribution in [0.2, 0.25) is 0 Å². The summed E-state index contributed by atoms with van der Waals surface area (Å²) in [6.07, 6.45) is 4.23. The number of hydrogen-bond donors (Lipinski definition) is 3. The molecule has 4 nitrogen and oxygen atoms in total. The zero-order chi connectivity index (χ0) is 15.5. The van der Waals surface area contributed by atoms with Gasteiger partial charge in [-0.05, 0) is 49.3 Å². The maximum atomic E-state index is 10.9. The van der Waals surface area contributed by atoms with Crippen LogP contribution < -0.4 is 5.32 Å². The molecule has 1 fully saturated rings. The molecule has 1 aliphatic carbocycles. The number of carbonyl (C=O) groups is 1. The summed E-state index contributed by atoms with van der Waals surface area (Å²) in [5.74, 6) is -0.198. The SMILES string of the molecule is CC1CCC(CO)(NCc2ccc(C(=O)O)cc2Br)CC1. The molecule has 1 aromatic carbocycles. The molecule has 2 rings (SSSR count). The first-order valence-corrected chi connectivity index (χ1v) is 8.13. The van der Waals surface area contributed by atoms with Crippen molar-refractivity contribution >= 4 is 21.9 Å². The molecule has 0 bridgehead atoms. The minimum atomic E-state index is -0.927. The molecule has 0 amide bonds. The van der Waals surface area contributed by atoms with E-state index in [1.54, 1.807) is 12.1 Å². The molecule has 0 atom stereocenters. The van der Waals surface area contributed by atoms with Gasteiger partial charge in [-0.2, -0.15) is 0 Å². The summed E-state index contributed by atoms with van der Waals surface area (Å²) < 4.78 is 0.784. The molecule has 3 N–H and O–H groups in total. The Kier molecular flexibility index (Phi) is 5.41. The summed E-state index contributed by atoms with van der Waals surface area (Å²) in [7, 11) is 0. The van der Waals surface area contributed by atoms with Crippen molar-refractivity contribution in [1.82, 2.24) is 5.32 Å². The average molecular weight is 356 g/mol. The van der Waals surface area contributed by atoms with Crippen LogP contribution in [0.4, 0.5) is 0 Å². The fraction of sp³-hybridized carbons (Fsp3) is 0.562. The van der Waals surface area contributed by atoms with Gasteiger partial charge in [0.25, 0.3) is 0 Å². The van der Waals surface area contributed by atoms with Crippen LogP contribution in [0, 0.1) is 5.92 Å². The highest BCUT2D eigenvalue weighted by atomic mass is 79.9. The molecule has 0 unspecified atom stereocenters. The summed E-state index contributed by atoms with van der Waals surface area (Å²) in [5, 5.41) is 22.2. The van der Waals surface area contributed by atoms with Crippen LogP contribution in [0.5, 0.6) is 0 Å². The van der Waals surface area contributed by atoms with Crippen molar-refractivity contribution in [2.45, 2.75) is 44.7 Å². The van der Waals surface area contributed by atoms with E-state index in [-0.39, 0.29) is 17.7 Å². The van der Waals surface area contributed by atoms with Gasteiger partial charge in [0.15, 0.2) is 0 Å². The van der Waals surface area contributed by atoms with E-state index < -0.39 is 5.97 Å². The molecule has 116 valence electrons. The summed E-state index contributed by atoms with van der Waals surface area (Å²) in [4.78, 5) is 10.9. The molecule has 0 saturated heterocycles. The molecule has 0 aliphatic heterocycles. The van der Waals surface area contributed by atoms with Crippen molar-refractivity contribution in [1.29, 1.82) is 0 Å². The van der Waals surface area contributed by atoms with E-state index in [1.165, 1.54) is 0 Å². The number of benzene rings is 1. The van der Waals surface area contributed by atoms with Gasteiger partial charge in [-0.1, -0.05) is 28.9 Å². The van der Waals surface area contributed by atoms with Gasteiger partial charge in [0.2, 0.25) is 0 Å². The third-order valence-electron chi connectivity index (χ3n) is 4.49. The van der Waals surface area contributed by atoms with Gasteiger partial charge < -0.3 is 15.5 Å². The van der Waals surface area contributed by atoms with Crippen LogP contribution >= 0.6 is 15.9 Å². The molecule has 5 heteroatoms. The molecule has 0 aromatic heterocycles. The largest absolute Gasteiger partial charge is 0.478 e. The Morgan fingerprint density at radius 2 is 2.10 bits per heavy atom. The second-order valence-electron chi connectivity index (χ2n) is 6.09. The number of rotatable bonds is 5. The van der Waals surface area contributed by atoms with E-state index in [0.29, 0.717) is 6.54 Å². The third-order valence-corrected chi connectivity index (χ3v) is 5.23. The number of nitrogens with one attached hydrogen (secondary N) is 1. The molecule has 1 aliphatic rings. The van der Waals surface area contributed by atoms with E-state index in [4.69, 9.17) is 5.11 Å². The molecule has 1 aromatic rings. The zero-order valence-corrected chi connectivity index (χ0v) is 13.8. The Balaban J connectivity index is 2.03. The summed E-state index contributed by atoms with van der Waals surface area (Å²) in [6.45, 7) is 3.02. The van der Waals surface area contributed by atoms with Crippen LogP contribution in [0.15, 0.2) is 22.7 Å². The van der Waals surface area contributed by atoms with Crippen LogP contribution in [0.1, 0.15) is 48.5 Å². The van der Waals surface area contributed by atoms with E-state index in [0.717, 1.165) is 41.6 Å². The molecule has 21 heavy (non-hydrogen) atoms.